The molecule has 3 aromatic carbocycles. The molecule has 1 aromatic heterocycles. The zero-order chi connectivity index (χ0) is 23.0. The van der Waals surface area contributed by atoms with E-state index in [4.69, 9.17) is 11.6 Å². The first kappa shape index (κ1) is 22.2. The van der Waals surface area contributed by atoms with Crippen LogP contribution in [0.1, 0.15) is 23.2 Å². The van der Waals surface area contributed by atoms with Gasteiger partial charge in [-0.15, -0.1) is 0 Å². The fourth-order valence-corrected chi connectivity index (χ4v) is 3.33. The lowest BCUT2D eigenvalue weighted by Gasteiger charge is -2.09. The molecular formula is C26H21ClN4O2. The van der Waals surface area contributed by atoms with E-state index in [1.54, 1.807) is 36.4 Å². The van der Waals surface area contributed by atoms with Gasteiger partial charge >= 0.3 is 0 Å². The molecule has 0 aliphatic carbocycles. The first-order valence-electron chi connectivity index (χ1n) is 10.4. The molecule has 0 fully saturated rings. The van der Waals surface area contributed by atoms with Crippen molar-refractivity contribution < 1.29 is 9.59 Å². The molecule has 7 heteroatoms. The molecule has 0 spiro atoms. The Hall–Kier alpha value is -4.03. The smallest absolute Gasteiger partial charge is 0.224 e. The van der Waals surface area contributed by atoms with E-state index in [2.05, 4.69) is 20.6 Å². The Morgan fingerprint density at radius 1 is 0.788 bits per heavy atom. The van der Waals surface area contributed by atoms with E-state index in [0.29, 0.717) is 22.1 Å². The standard InChI is InChI=1S/C26H21ClN4O2/c27-20-8-6-19(7-9-20)24(32)14-15-26(33)31-22-12-10-21(11-13-22)30-25-16-23(28-17-29-25)18-4-2-1-3-5-18/h1-13,16-17H,14-15H2,(H,31,33)(H,28,29,30). The van der Waals surface area contributed by atoms with Gasteiger partial charge in [0.15, 0.2) is 5.78 Å². The molecule has 33 heavy (non-hydrogen) atoms. The summed E-state index contributed by atoms with van der Waals surface area (Å²) in [7, 11) is 0. The van der Waals surface area contributed by atoms with Crippen LogP contribution >= 0.6 is 11.6 Å². The number of anilines is 3. The van der Waals surface area contributed by atoms with E-state index in [9.17, 15) is 9.59 Å². The van der Waals surface area contributed by atoms with Crippen LogP contribution in [0.4, 0.5) is 17.2 Å². The highest BCUT2D eigenvalue weighted by Crippen LogP contribution is 2.22. The van der Waals surface area contributed by atoms with Gasteiger partial charge in [-0.1, -0.05) is 41.9 Å². The molecule has 0 bridgehead atoms. The highest BCUT2D eigenvalue weighted by Gasteiger charge is 2.10. The molecule has 4 aromatic rings. The normalized spacial score (nSPS) is 10.5. The molecule has 164 valence electrons. The van der Waals surface area contributed by atoms with Gasteiger partial charge in [0, 0.05) is 46.4 Å². The minimum atomic E-state index is -0.221. The summed E-state index contributed by atoms with van der Waals surface area (Å²) < 4.78 is 0. The van der Waals surface area contributed by atoms with Crippen molar-refractivity contribution in [1.29, 1.82) is 0 Å². The summed E-state index contributed by atoms with van der Waals surface area (Å²) in [6, 6.07) is 25.7. The topological polar surface area (TPSA) is 84.0 Å². The third-order valence-electron chi connectivity index (χ3n) is 4.92. The van der Waals surface area contributed by atoms with Crippen molar-refractivity contribution in [1.82, 2.24) is 9.97 Å². The van der Waals surface area contributed by atoms with Crippen molar-refractivity contribution in [2.24, 2.45) is 0 Å². The number of halogens is 1. The Bertz CT molecular complexity index is 1240. The minimum absolute atomic E-state index is 0.0962. The van der Waals surface area contributed by atoms with Crippen LogP contribution in [0.15, 0.2) is 91.3 Å². The average Bonchev–Trinajstić information content (AvgIpc) is 2.85. The minimum Gasteiger partial charge on any atom is -0.340 e. The van der Waals surface area contributed by atoms with Gasteiger partial charge in [0.2, 0.25) is 5.91 Å². The number of Topliss-reactive ketones (excluding diaryl/α,β-unsaturated/α-hetero) is 1. The van der Waals surface area contributed by atoms with Gasteiger partial charge in [-0.25, -0.2) is 9.97 Å². The molecule has 1 amide bonds. The predicted molar refractivity (Wildman–Crippen MR) is 131 cm³/mol. The lowest BCUT2D eigenvalue weighted by molar-refractivity contribution is -0.116. The molecule has 0 saturated carbocycles. The van der Waals surface area contributed by atoms with Crippen molar-refractivity contribution >= 4 is 40.5 Å². The Morgan fingerprint density at radius 2 is 1.48 bits per heavy atom. The van der Waals surface area contributed by atoms with Crippen molar-refractivity contribution in [3.63, 3.8) is 0 Å². The van der Waals surface area contributed by atoms with Crippen LogP contribution in [0.2, 0.25) is 5.02 Å². The number of nitrogens with zero attached hydrogens (tertiary/aromatic N) is 2. The number of rotatable bonds is 8. The lowest BCUT2D eigenvalue weighted by atomic mass is 10.1. The first-order chi connectivity index (χ1) is 16.1. The molecule has 0 aliphatic rings. The van der Waals surface area contributed by atoms with Crippen LogP contribution in [-0.4, -0.2) is 21.7 Å². The van der Waals surface area contributed by atoms with Gasteiger partial charge in [0.1, 0.15) is 12.1 Å². The number of amides is 1. The van der Waals surface area contributed by atoms with E-state index in [-0.39, 0.29) is 24.5 Å². The summed E-state index contributed by atoms with van der Waals surface area (Å²) in [6.45, 7) is 0. The monoisotopic (exact) mass is 456 g/mol. The van der Waals surface area contributed by atoms with Gasteiger partial charge in [0.05, 0.1) is 5.69 Å². The first-order valence-corrected chi connectivity index (χ1v) is 10.8. The van der Waals surface area contributed by atoms with E-state index in [1.807, 2.05) is 48.5 Å². The summed E-state index contributed by atoms with van der Waals surface area (Å²) in [5.74, 6) is 0.351. The SMILES string of the molecule is O=C(CCC(=O)c1ccc(Cl)cc1)Nc1ccc(Nc2cc(-c3ccccc3)ncn2)cc1. The maximum Gasteiger partial charge on any atom is 0.224 e. The van der Waals surface area contributed by atoms with Gasteiger partial charge < -0.3 is 10.6 Å². The Morgan fingerprint density at radius 3 is 2.21 bits per heavy atom. The second kappa shape index (κ2) is 10.5. The number of carbonyl (C=O) groups excluding carboxylic acids is 2. The van der Waals surface area contributed by atoms with E-state index in [0.717, 1.165) is 16.9 Å². The summed E-state index contributed by atoms with van der Waals surface area (Å²) in [4.78, 5) is 33.0. The van der Waals surface area contributed by atoms with Gasteiger partial charge in [-0.3, -0.25) is 9.59 Å². The summed E-state index contributed by atoms with van der Waals surface area (Å²) in [6.07, 6.45) is 1.75. The second-order valence-electron chi connectivity index (χ2n) is 7.34. The third-order valence-corrected chi connectivity index (χ3v) is 5.17. The maximum absolute atomic E-state index is 12.2. The number of nitrogens with one attached hydrogen (secondary N) is 2. The number of hydrogen-bond donors (Lipinski definition) is 2. The van der Waals surface area contributed by atoms with Crippen molar-refractivity contribution in [3.05, 3.63) is 102 Å². The van der Waals surface area contributed by atoms with E-state index >= 15 is 0 Å². The molecule has 4 rings (SSSR count). The zero-order valence-electron chi connectivity index (χ0n) is 17.7. The molecule has 2 N–H and O–H groups in total. The average molecular weight is 457 g/mol. The van der Waals surface area contributed by atoms with Crippen LogP contribution in [0.25, 0.3) is 11.3 Å². The largest absolute Gasteiger partial charge is 0.340 e. The summed E-state index contributed by atoms with van der Waals surface area (Å²) >= 11 is 5.84. The van der Waals surface area contributed by atoms with Gasteiger partial charge in [0.25, 0.3) is 0 Å². The van der Waals surface area contributed by atoms with Crippen LogP contribution < -0.4 is 10.6 Å². The van der Waals surface area contributed by atoms with E-state index < -0.39 is 0 Å². The van der Waals surface area contributed by atoms with Gasteiger partial charge in [-0.2, -0.15) is 0 Å². The summed E-state index contributed by atoms with van der Waals surface area (Å²) in [5, 5.41) is 6.62. The maximum atomic E-state index is 12.2. The molecular weight excluding hydrogens is 436 g/mol. The van der Waals surface area contributed by atoms with Crippen LogP contribution in [0.3, 0.4) is 0 Å². The van der Waals surface area contributed by atoms with Crippen molar-refractivity contribution in [2.45, 2.75) is 12.8 Å². The van der Waals surface area contributed by atoms with Crippen LogP contribution in [0, 0.1) is 0 Å². The number of benzene rings is 3. The van der Waals surface area contributed by atoms with Crippen molar-refractivity contribution in [3.8, 4) is 11.3 Å². The highest BCUT2D eigenvalue weighted by molar-refractivity contribution is 6.30. The van der Waals surface area contributed by atoms with E-state index in [1.165, 1.54) is 6.33 Å². The summed E-state index contributed by atoms with van der Waals surface area (Å²) in [5.41, 5.74) is 3.85. The molecule has 0 radical (unpaired) electrons. The number of aromatic nitrogens is 2. The van der Waals surface area contributed by atoms with Gasteiger partial charge in [-0.05, 0) is 48.5 Å². The Balaban J connectivity index is 1.31. The number of hydrogen-bond acceptors (Lipinski definition) is 5. The lowest BCUT2D eigenvalue weighted by Crippen LogP contribution is -2.13. The van der Waals surface area contributed by atoms with Crippen LogP contribution in [-0.2, 0) is 4.79 Å². The second-order valence-corrected chi connectivity index (χ2v) is 7.77. The Kier molecular flexibility index (Phi) is 7.07. The number of ketones is 1. The predicted octanol–water partition coefficient (Wildman–Crippen LogP) is 6.14. The molecule has 1 heterocycles. The fraction of sp³-hybridized carbons (Fsp3) is 0.0769. The Labute approximate surface area is 196 Å². The molecule has 0 atom stereocenters. The third kappa shape index (κ3) is 6.24. The quantitative estimate of drug-likeness (QED) is 0.311. The fourth-order valence-electron chi connectivity index (χ4n) is 3.21. The molecule has 0 unspecified atom stereocenters. The highest BCUT2D eigenvalue weighted by atomic mass is 35.5. The molecule has 6 nitrogen and oxygen atoms in total. The van der Waals surface area contributed by atoms with Crippen LogP contribution in [0.5, 0.6) is 0 Å². The number of carbonyl (C=O) groups is 2. The van der Waals surface area contributed by atoms with Crippen molar-refractivity contribution in [2.75, 3.05) is 10.6 Å². The molecule has 0 aliphatic heterocycles. The zero-order valence-corrected chi connectivity index (χ0v) is 18.4. The molecule has 0 saturated heterocycles.